The molecule has 8 heteroatoms. The van der Waals surface area contributed by atoms with Crippen LogP contribution in [0.25, 0.3) is 0 Å². The quantitative estimate of drug-likeness (QED) is 0.458. The largest absolute Gasteiger partial charge is 0.273 e. The van der Waals surface area contributed by atoms with Crippen molar-refractivity contribution in [3.8, 4) is 0 Å². The van der Waals surface area contributed by atoms with Gasteiger partial charge in [-0.1, -0.05) is 35.9 Å². The third-order valence-corrected chi connectivity index (χ3v) is 6.36. The Morgan fingerprint density at radius 2 is 1.61 bits per heavy atom. The highest BCUT2D eigenvalue weighted by molar-refractivity contribution is 9.10. The summed E-state index contributed by atoms with van der Waals surface area (Å²) in [5.41, 5.74) is 1.78. The lowest BCUT2D eigenvalue weighted by molar-refractivity contribution is -0.126. The molecule has 0 aliphatic carbocycles. The van der Waals surface area contributed by atoms with Gasteiger partial charge in [-0.25, -0.2) is 14.4 Å². The van der Waals surface area contributed by atoms with E-state index in [4.69, 9.17) is 16.4 Å². The maximum absolute atomic E-state index is 13.9. The van der Waals surface area contributed by atoms with Gasteiger partial charge in [0.1, 0.15) is 11.7 Å². The maximum atomic E-state index is 13.9. The molecule has 0 saturated carbocycles. The summed E-state index contributed by atoms with van der Waals surface area (Å²) < 4.78 is 14.2. The summed E-state index contributed by atoms with van der Waals surface area (Å²) in [6, 6.07) is 19.6. The Kier molecular flexibility index (Phi) is 5.04. The lowest BCUT2D eigenvalue weighted by Gasteiger charge is -2.29. The van der Waals surface area contributed by atoms with E-state index in [0.29, 0.717) is 22.0 Å². The molecular formula is C23H15BrClFN2O3. The van der Waals surface area contributed by atoms with Crippen molar-refractivity contribution < 1.29 is 18.8 Å². The number of rotatable bonds is 3. The van der Waals surface area contributed by atoms with Gasteiger partial charge in [0.25, 0.3) is 5.91 Å². The Bertz CT molecular complexity index is 1180. The van der Waals surface area contributed by atoms with Crippen molar-refractivity contribution in [2.24, 2.45) is 5.92 Å². The Hall–Kier alpha value is -2.74. The van der Waals surface area contributed by atoms with Gasteiger partial charge < -0.3 is 0 Å². The van der Waals surface area contributed by atoms with Crippen molar-refractivity contribution in [1.29, 1.82) is 0 Å². The number of hydrogen-bond donors (Lipinski definition) is 0. The van der Waals surface area contributed by atoms with Crippen molar-refractivity contribution in [3.05, 3.63) is 93.7 Å². The second kappa shape index (κ2) is 7.75. The number of carbonyl (C=O) groups is 2. The van der Waals surface area contributed by atoms with E-state index >= 15 is 0 Å². The minimum atomic E-state index is -0.989. The molecule has 2 heterocycles. The number of halogens is 3. The number of amides is 2. The van der Waals surface area contributed by atoms with Crippen molar-refractivity contribution in [3.63, 3.8) is 0 Å². The second-order valence-electron chi connectivity index (χ2n) is 7.32. The van der Waals surface area contributed by atoms with Crippen LogP contribution in [0, 0.1) is 11.7 Å². The van der Waals surface area contributed by atoms with E-state index in [1.165, 1.54) is 6.07 Å². The van der Waals surface area contributed by atoms with E-state index in [-0.39, 0.29) is 10.4 Å². The van der Waals surface area contributed by atoms with Gasteiger partial charge in [0.15, 0.2) is 6.10 Å². The summed E-state index contributed by atoms with van der Waals surface area (Å²) in [7, 11) is 0. The predicted molar refractivity (Wildman–Crippen MR) is 118 cm³/mol. The van der Waals surface area contributed by atoms with E-state index in [0.717, 1.165) is 4.90 Å². The fraction of sp³-hybridized carbons (Fsp3) is 0.130. The van der Waals surface area contributed by atoms with Crippen LogP contribution >= 0.6 is 27.5 Å². The molecule has 0 bridgehead atoms. The fourth-order valence-electron chi connectivity index (χ4n) is 4.09. The standard InChI is InChI=1S/C23H15BrClFN2O3/c24-17-12-13(6-11-18(17)26)20-19-21(31-28(20)16-4-2-1-3-5-16)23(30)27(22(19)29)15-9-7-14(25)8-10-15/h1-12,19-21H/t19-,20-,21+/m0/s1. The lowest BCUT2D eigenvalue weighted by Crippen LogP contribution is -2.37. The molecule has 2 saturated heterocycles. The summed E-state index contributed by atoms with van der Waals surface area (Å²) in [4.78, 5) is 33.9. The van der Waals surface area contributed by atoms with Gasteiger partial charge in [-0.2, -0.15) is 0 Å². The number of carbonyl (C=O) groups excluding carboxylic acids is 2. The zero-order chi connectivity index (χ0) is 21.7. The van der Waals surface area contributed by atoms with Crippen LogP contribution in [0.15, 0.2) is 77.3 Å². The molecule has 3 atom stereocenters. The molecule has 2 fully saturated rings. The Labute approximate surface area is 191 Å². The predicted octanol–water partition coefficient (Wildman–Crippen LogP) is 5.29. The zero-order valence-electron chi connectivity index (χ0n) is 15.9. The Morgan fingerprint density at radius 1 is 0.903 bits per heavy atom. The topological polar surface area (TPSA) is 49.9 Å². The third-order valence-electron chi connectivity index (χ3n) is 5.50. The van der Waals surface area contributed by atoms with E-state index in [1.807, 2.05) is 30.3 Å². The van der Waals surface area contributed by atoms with Crippen molar-refractivity contribution >= 4 is 50.7 Å². The van der Waals surface area contributed by atoms with Crippen molar-refractivity contribution in [2.45, 2.75) is 12.1 Å². The van der Waals surface area contributed by atoms with Crippen LogP contribution in [0.5, 0.6) is 0 Å². The number of para-hydroxylation sites is 1. The number of fused-ring (bicyclic) bond motifs is 1. The molecule has 2 aliphatic heterocycles. The number of benzene rings is 3. The monoisotopic (exact) mass is 500 g/mol. The highest BCUT2D eigenvalue weighted by Crippen LogP contribution is 2.48. The molecule has 0 radical (unpaired) electrons. The molecule has 31 heavy (non-hydrogen) atoms. The van der Waals surface area contributed by atoms with Crippen LogP contribution in [0.3, 0.4) is 0 Å². The van der Waals surface area contributed by atoms with Crippen LogP contribution in [0.1, 0.15) is 11.6 Å². The smallest absolute Gasteiger partial charge is 0.266 e. The molecule has 3 aromatic carbocycles. The summed E-state index contributed by atoms with van der Waals surface area (Å²) in [5, 5.41) is 2.08. The molecule has 156 valence electrons. The van der Waals surface area contributed by atoms with Gasteiger partial charge in [-0.3, -0.25) is 14.4 Å². The molecule has 2 amide bonds. The Morgan fingerprint density at radius 3 is 2.29 bits per heavy atom. The number of hydroxylamine groups is 1. The minimum Gasteiger partial charge on any atom is -0.273 e. The summed E-state index contributed by atoms with van der Waals surface area (Å²) in [5.74, 6) is -2.02. The summed E-state index contributed by atoms with van der Waals surface area (Å²) in [6.07, 6.45) is -0.989. The molecule has 0 spiro atoms. The van der Waals surface area contributed by atoms with Gasteiger partial charge in [-0.15, -0.1) is 0 Å². The normalized spacial score (nSPS) is 22.9. The van der Waals surface area contributed by atoms with E-state index < -0.39 is 29.8 Å². The molecule has 5 nitrogen and oxygen atoms in total. The number of hydrogen-bond acceptors (Lipinski definition) is 4. The highest BCUT2D eigenvalue weighted by atomic mass is 79.9. The van der Waals surface area contributed by atoms with Crippen molar-refractivity contribution in [2.75, 3.05) is 9.96 Å². The lowest BCUT2D eigenvalue weighted by atomic mass is 9.90. The first kappa shape index (κ1) is 20.2. The van der Waals surface area contributed by atoms with Gasteiger partial charge in [-0.05, 0) is 70.0 Å². The zero-order valence-corrected chi connectivity index (χ0v) is 18.3. The fourth-order valence-corrected chi connectivity index (χ4v) is 4.62. The van der Waals surface area contributed by atoms with Gasteiger partial charge in [0.2, 0.25) is 5.91 Å². The van der Waals surface area contributed by atoms with E-state index in [9.17, 15) is 14.0 Å². The average Bonchev–Trinajstić information content (AvgIpc) is 3.28. The molecule has 0 aromatic heterocycles. The van der Waals surface area contributed by atoms with E-state index in [2.05, 4.69) is 15.9 Å². The first-order chi connectivity index (χ1) is 15.0. The summed E-state index contributed by atoms with van der Waals surface area (Å²) >= 11 is 9.16. The van der Waals surface area contributed by atoms with Crippen LogP contribution < -0.4 is 9.96 Å². The van der Waals surface area contributed by atoms with Crippen LogP contribution in [-0.2, 0) is 14.4 Å². The summed E-state index contributed by atoms with van der Waals surface area (Å²) in [6.45, 7) is 0. The van der Waals surface area contributed by atoms with Crippen LogP contribution in [0.2, 0.25) is 5.02 Å². The number of nitrogens with zero attached hydrogens (tertiary/aromatic N) is 2. The van der Waals surface area contributed by atoms with Gasteiger partial charge >= 0.3 is 0 Å². The average molecular weight is 502 g/mol. The molecule has 5 rings (SSSR count). The second-order valence-corrected chi connectivity index (χ2v) is 8.61. The van der Waals surface area contributed by atoms with E-state index in [1.54, 1.807) is 41.5 Å². The van der Waals surface area contributed by atoms with Crippen molar-refractivity contribution in [1.82, 2.24) is 0 Å². The minimum absolute atomic E-state index is 0.271. The van der Waals surface area contributed by atoms with Crippen LogP contribution in [-0.4, -0.2) is 17.9 Å². The molecule has 0 unspecified atom stereocenters. The van der Waals surface area contributed by atoms with Gasteiger partial charge in [0, 0.05) is 5.02 Å². The van der Waals surface area contributed by atoms with Crippen LogP contribution in [0.4, 0.5) is 15.8 Å². The first-order valence-electron chi connectivity index (χ1n) is 9.55. The Balaban J connectivity index is 1.60. The number of anilines is 2. The molecule has 2 aliphatic rings. The maximum Gasteiger partial charge on any atom is 0.266 e. The number of imide groups is 1. The molecule has 3 aromatic rings. The SMILES string of the molecule is O=C1[C@@H]2[C@@H](ON(c3ccccc3)[C@H]2c2ccc(F)c(Br)c2)C(=O)N1c1ccc(Cl)cc1. The highest BCUT2D eigenvalue weighted by Gasteiger charge is 2.60. The molecular weight excluding hydrogens is 487 g/mol. The van der Waals surface area contributed by atoms with Gasteiger partial charge in [0.05, 0.1) is 21.9 Å². The third kappa shape index (κ3) is 3.33. The molecule has 0 N–H and O–H groups in total. The first-order valence-corrected chi connectivity index (χ1v) is 10.7.